The molecule has 0 N–H and O–H groups in total. The van der Waals surface area contributed by atoms with Crippen molar-refractivity contribution in [1.82, 2.24) is 4.90 Å². The first kappa shape index (κ1) is 16.1. The molecule has 0 aliphatic carbocycles. The van der Waals surface area contributed by atoms with Crippen molar-refractivity contribution in [2.75, 3.05) is 38.2 Å². The van der Waals surface area contributed by atoms with E-state index in [2.05, 4.69) is 4.90 Å². The van der Waals surface area contributed by atoms with Crippen molar-refractivity contribution >= 4 is 17.6 Å². The first-order chi connectivity index (χ1) is 11.7. The van der Waals surface area contributed by atoms with Gasteiger partial charge in [-0.3, -0.25) is 4.79 Å². The molecular weight excluding hydrogens is 304 g/mol. The number of piperazine rings is 1. The van der Waals surface area contributed by atoms with Crippen molar-refractivity contribution < 1.29 is 14.3 Å². The molecule has 3 rings (SSSR count). The van der Waals surface area contributed by atoms with Gasteiger partial charge >= 0.3 is 5.97 Å². The summed E-state index contributed by atoms with van der Waals surface area (Å²) in [7, 11) is 1.38. The number of anilines is 1. The Morgan fingerprint density at radius 2 is 1.50 bits per heavy atom. The van der Waals surface area contributed by atoms with Crippen molar-refractivity contribution in [2.45, 2.75) is 0 Å². The zero-order valence-corrected chi connectivity index (χ0v) is 13.6. The smallest absolute Gasteiger partial charge is 0.339 e. The van der Waals surface area contributed by atoms with Crippen LogP contribution < -0.4 is 4.90 Å². The lowest BCUT2D eigenvalue weighted by molar-refractivity contribution is 0.0600. The van der Waals surface area contributed by atoms with E-state index in [1.54, 1.807) is 6.07 Å². The third kappa shape index (κ3) is 3.25. The maximum atomic E-state index is 12.5. The Morgan fingerprint density at radius 3 is 2.17 bits per heavy atom. The van der Waals surface area contributed by atoms with Crippen LogP contribution in [0.15, 0.2) is 54.6 Å². The van der Waals surface area contributed by atoms with Crippen LogP contribution in [0.3, 0.4) is 0 Å². The predicted octanol–water partition coefficient (Wildman–Crippen LogP) is 2.44. The molecule has 1 aliphatic heterocycles. The maximum Gasteiger partial charge on any atom is 0.339 e. The van der Waals surface area contributed by atoms with Crippen LogP contribution >= 0.6 is 0 Å². The summed E-state index contributed by atoms with van der Waals surface area (Å²) in [5.41, 5.74) is 2.12. The summed E-state index contributed by atoms with van der Waals surface area (Å²) in [6, 6.07) is 16.7. The van der Waals surface area contributed by atoms with Crippen LogP contribution in [0.1, 0.15) is 20.7 Å². The third-order valence-electron chi connectivity index (χ3n) is 4.24. The monoisotopic (exact) mass is 324 g/mol. The Hall–Kier alpha value is -2.82. The van der Waals surface area contributed by atoms with E-state index in [-0.39, 0.29) is 11.9 Å². The molecule has 2 aromatic rings. The molecule has 24 heavy (non-hydrogen) atoms. The molecule has 0 unspecified atom stereocenters. The number of hydrogen-bond donors (Lipinski definition) is 0. The van der Waals surface area contributed by atoms with E-state index in [1.165, 1.54) is 7.11 Å². The Bertz CT molecular complexity index is 722. The van der Waals surface area contributed by atoms with Crippen LogP contribution in [0, 0.1) is 0 Å². The number of esters is 1. The molecule has 0 bridgehead atoms. The van der Waals surface area contributed by atoms with Crippen LogP contribution in [0.2, 0.25) is 0 Å². The summed E-state index contributed by atoms with van der Waals surface area (Å²) in [6.07, 6.45) is 0. The maximum absolute atomic E-state index is 12.5. The van der Waals surface area contributed by atoms with Crippen LogP contribution in [0.4, 0.5) is 5.69 Å². The molecule has 5 nitrogen and oxygen atoms in total. The van der Waals surface area contributed by atoms with Crippen molar-refractivity contribution in [3.8, 4) is 0 Å². The van der Waals surface area contributed by atoms with Gasteiger partial charge in [-0.15, -0.1) is 0 Å². The van der Waals surface area contributed by atoms with Crippen molar-refractivity contribution in [3.63, 3.8) is 0 Å². The number of amides is 1. The van der Waals surface area contributed by atoms with E-state index in [0.717, 1.165) is 5.69 Å². The summed E-state index contributed by atoms with van der Waals surface area (Å²) >= 11 is 0. The molecule has 0 spiro atoms. The minimum absolute atomic E-state index is 0.0523. The highest BCUT2D eigenvalue weighted by molar-refractivity contribution is 5.96. The van der Waals surface area contributed by atoms with E-state index in [4.69, 9.17) is 4.74 Å². The second-order valence-corrected chi connectivity index (χ2v) is 5.65. The first-order valence-electron chi connectivity index (χ1n) is 7.97. The van der Waals surface area contributed by atoms with E-state index >= 15 is 0 Å². The van der Waals surface area contributed by atoms with Gasteiger partial charge in [0.2, 0.25) is 0 Å². The highest BCUT2D eigenvalue weighted by atomic mass is 16.5. The number of carbonyl (C=O) groups is 2. The van der Waals surface area contributed by atoms with Gasteiger partial charge < -0.3 is 14.5 Å². The van der Waals surface area contributed by atoms with Gasteiger partial charge in [0.05, 0.1) is 18.4 Å². The molecule has 1 aliphatic rings. The Morgan fingerprint density at radius 1 is 0.875 bits per heavy atom. The number of methoxy groups -OCH3 is 1. The molecule has 2 aromatic carbocycles. The first-order valence-corrected chi connectivity index (χ1v) is 7.97. The number of ether oxygens (including phenoxy) is 1. The van der Waals surface area contributed by atoms with Crippen LogP contribution in [0.25, 0.3) is 0 Å². The van der Waals surface area contributed by atoms with E-state index in [9.17, 15) is 9.59 Å². The average Bonchev–Trinajstić information content (AvgIpc) is 2.67. The molecule has 124 valence electrons. The van der Waals surface area contributed by atoms with Gasteiger partial charge in [0, 0.05) is 31.7 Å². The highest BCUT2D eigenvalue weighted by Gasteiger charge is 2.24. The second-order valence-electron chi connectivity index (χ2n) is 5.65. The van der Waals surface area contributed by atoms with Crippen LogP contribution in [0.5, 0.6) is 0 Å². The fourth-order valence-electron chi connectivity index (χ4n) is 2.95. The van der Waals surface area contributed by atoms with E-state index in [1.807, 2.05) is 53.4 Å². The number of benzene rings is 2. The normalized spacial score (nSPS) is 14.4. The lowest BCUT2D eigenvalue weighted by Gasteiger charge is -2.36. The fourth-order valence-corrected chi connectivity index (χ4v) is 2.95. The minimum Gasteiger partial charge on any atom is -0.465 e. The molecule has 0 radical (unpaired) electrons. The van der Waals surface area contributed by atoms with Gasteiger partial charge in [-0.1, -0.05) is 30.3 Å². The molecule has 5 heteroatoms. The van der Waals surface area contributed by atoms with Gasteiger partial charge in [-0.05, 0) is 24.3 Å². The molecule has 1 saturated heterocycles. The SMILES string of the molecule is COC(=O)c1ccccc1N1CCN(C(=O)c2ccccc2)CC1. The predicted molar refractivity (Wildman–Crippen MR) is 92.3 cm³/mol. The lowest BCUT2D eigenvalue weighted by Crippen LogP contribution is -2.49. The van der Waals surface area contributed by atoms with Gasteiger partial charge in [0.15, 0.2) is 0 Å². The molecule has 0 saturated carbocycles. The zero-order valence-electron chi connectivity index (χ0n) is 13.6. The molecule has 0 atom stereocenters. The van der Waals surface area contributed by atoms with E-state index < -0.39 is 0 Å². The average molecular weight is 324 g/mol. The van der Waals surface area contributed by atoms with Crippen molar-refractivity contribution in [1.29, 1.82) is 0 Å². The summed E-state index contributed by atoms with van der Waals surface area (Å²) in [6.45, 7) is 2.63. The third-order valence-corrected chi connectivity index (χ3v) is 4.24. The van der Waals surface area contributed by atoms with E-state index in [0.29, 0.717) is 37.3 Å². The number of carbonyl (C=O) groups excluding carboxylic acids is 2. The number of rotatable bonds is 3. The van der Waals surface area contributed by atoms with Gasteiger partial charge in [-0.2, -0.15) is 0 Å². The Kier molecular flexibility index (Phi) is 4.79. The quantitative estimate of drug-likeness (QED) is 0.814. The molecule has 1 amide bonds. The highest BCUT2D eigenvalue weighted by Crippen LogP contribution is 2.23. The standard InChI is InChI=1S/C19H20N2O3/c1-24-19(23)16-9-5-6-10-17(16)20-11-13-21(14-12-20)18(22)15-7-3-2-4-8-15/h2-10H,11-14H2,1H3. The van der Waals surface area contributed by atoms with Gasteiger partial charge in [0.25, 0.3) is 5.91 Å². The zero-order chi connectivity index (χ0) is 16.9. The minimum atomic E-state index is -0.339. The van der Waals surface area contributed by atoms with Crippen LogP contribution in [-0.2, 0) is 4.74 Å². The van der Waals surface area contributed by atoms with Crippen molar-refractivity contribution in [3.05, 3.63) is 65.7 Å². The van der Waals surface area contributed by atoms with Crippen molar-refractivity contribution in [2.24, 2.45) is 0 Å². The fraction of sp³-hybridized carbons (Fsp3) is 0.263. The summed E-state index contributed by atoms with van der Waals surface area (Å²) < 4.78 is 4.85. The number of para-hydroxylation sites is 1. The molecule has 1 fully saturated rings. The topological polar surface area (TPSA) is 49.9 Å². The number of hydrogen-bond acceptors (Lipinski definition) is 4. The lowest BCUT2D eigenvalue weighted by atomic mass is 10.1. The molecule has 0 aromatic heterocycles. The Balaban J connectivity index is 1.70. The second kappa shape index (κ2) is 7.17. The molecule has 1 heterocycles. The van der Waals surface area contributed by atoms with Gasteiger partial charge in [0.1, 0.15) is 0 Å². The molecular formula is C19H20N2O3. The summed E-state index contributed by atoms with van der Waals surface area (Å²) in [4.78, 5) is 28.4. The number of nitrogens with zero attached hydrogens (tertiary/aromatic N) is 2. The van der Waals surface area contributed by atoms with Crippen LogP contribution in [-0.4, -0.2) is 50.1 Å². The summed E-state index contributed by atoms with van der Waals surface area (Å²) in [5, 5.41) is 0. The Labute approximate surface area is 141 Å². The summed E-state index contributed by atoms with van der Waals surface area (Å²) in [5.74, 6) is -0.287. The van der Waals surface area contributed by atoms with Gasteiger partial charge in [-0.25, -0.2) is 4.79 Å². The largest absolute Gasteiger partial charge is 0.465 e.